The van der Waals surface area contributed by atoms with Gasteiger partial charge in [0.1, 0.15) is 11.4 Å². The Balaban J connectivity index is 2.37. The fourth-order valence-electron chi connectivity index (χ4n) is 1.08. The molecule has 0 saturated carbocycles. The summed E-state index contributed by atoms with van der Waals surface area (Å²) in [5.41, 5.74) is -0.0373. The maximum Gasteiger partial charge on any atom is 0.408 e. The highest BCUT2D eigenvalue weighted by Crippen LogP contribution is 2.06. The largest absolute Gasteiger partial charge is 0.471 e. The molecule has 0 aromatic carbocycles. The zero-order valence-corrected chi connectivity index (χ0v) is 9.74. The van der Waals surface area contributed by atoms with Crippen molar-refractivity contribution in [3.05, 3.63) is 17.9 Å². The van der Waals surface area contributed by atoms with Crippen LogP contribution in [0.15, 0.2) is 16.5 Å². The lowest BCUT2D eigenvalue weighted by Gasteiger charge is -2.19. The monoisotopic (exact) mass is 225 g/mol. The predicted octanol–water partition coefficient (Wildman–Crippen LogP) is 0.273. The molecule has 1 heterocycles. The van der Waals surface area contributed by atoms with Crippen LogP contribution in [0.5, 0.6) is 0 Å². The standard InChI is InChI=1S/C10H16BNO4/c1-10(2,3)16-9(13)12-6-7-4-5-8(11-14)15-7/h4-5,11,14H,6H2,1-3H3,(H,12,13). The van der Waals surface area contributed by atoms with Gasteiger partial charge >= 0.3 is 13.6 Å². The van der Waals surface area contributed by atoms with Gasteiger partial charge in [0.15, 0.2) is 0 Å². The molecule has 0 atom stereocenters. The quantitative estimate of drug-likeness (QED) is 0.724. The normalized spacial score (nSPS) is 11.0. The molecule has 0 unspecified atom stereocenters. The average molecular weight is 225 g/mol. The first-order valence-electron chi connectivity index (χ1n) is 5.06. The third-order valence-electron chi connectivity index (χ3n) is 1.68. The third-order valence-corrected chi connectivity index (χ3v) is 1.68. The summed E-state index contributed by atoms with van der Waals surface area (Å²) >= 11 is 0. The maximum atomic E-state index is 11.3. The van der Waals surface area contributed by atoms with Crippen LogP contribution in [0.3, 0.4) is 0 Å². The van der Waals surface area contributed by atoms with Crippen molar-refractivity contribution in [1.82, 2.24) is 5.32 Å². The van der Waals surface area contributed by atoms with E-state index in [1.165, 1.54) is 0 Å². The number of carbonyl (C=O) groups is 1. The van der Waals surface area contributed by atoms with Gasteiger partial charge in [0.05, 0.1) is 12.2 Å². The first-order valence-corrected chi connectivity index (χ1v) is 5.06. The number of carbonyl (C=O) groups excluding carboxylic acids is 1. The fraction of sp³-hybridized carbons (Fsp3) is 0.500. The Hall–Kier alpha value is -1.43. The lowest BCUT2D eigenvalue weighted by molar-refractivity contribution is 0.0520. The van der Waals surface area contributed by atoms with Crippen molar-refractivity contribution >= 4 is 19.2 Å². The van der Waals surface area contributed by atoms with Crippen molar-refractivity contribution in [3.8, 4) is 0 Å². The van der Waals surface area contributed by atoms with Crippen LogP contribution in [0.25, 0.3) is 0 Å². The van der Waals surface area contributed by atoms with Crippen LogP contribution >= 0.6 is 0 Å². The van der Waals surface area contributed by atoms with Crippen molar-refractivity contribution in [2.45, 2.75) is 32.9 Å². The highest BCUT2D eigenvalue weighted by atomic mass is 16.6. The Labute approximate surface area is 95.1 Å². The number of furan rings is 1. The highest BCUT2D eigenvalue weighted by Gasteiger charge is 2.16. The summed E-state index contributed by atoms with van der Waals surface area (Å²) in [5.74, 6) is 0.579. The number of nitrogens with one attached hydrogen (secondary N) is 1. The van der Waals surface area contributed by atoms with Gasteiger partial charge in [-0.05, 0) is 32.9 Å². The van der Waals surface area contributed by atoms with Crippen molar-refractivity contribution in [2.24, 2.45) is 0 Å². The van der Waals surface area contributed by atoms with E-state index in [2.05, 4.69) is 5.32 Å². The molecule has 0 fully saturated rings. The van der Waals surface area contributed by atoms with Crippen LogP contribution in [0.2, 0.25) is 0 Å². The van der Waals surface area contributed by atoms with Crippen molar-refractivity contribution in [1.29, 1.82) is 0 Å². The molecule has 16 heavy (non-hydrogen) atoms. The zero-order chi connectivity index (χ0) is 12.2. The Morgan fingerprint density at radius 2 is 2.25 bits per heavy atom. The van der Waals surface area contributed by atoms with E-state index in [0.717, 1.165) is 0 Å². The Morgan fingerprint density at radius 3 is 2.75 bits per heavy atom. The third kappa shape index (κ3) is 4.40. The van der Waals surface area contributed by atoms with Crippen LogP contribution in [-0.4, -0.2) is 24.2 Å². The topological polar surface area (TPSA) is 71.7 Å². The predicted molar refractivity (Wildman–Crippen MR) is 60.8 cm³/mol. The molecule has 1 aromatic rings. The molecule has 1 rings (SSSR count). The van der Waals surface area contributed by atoms with E-state index in [4.69, 9.17) is 14.2 Å². The molecule has 5 nitrogen and oxygen atoms in total. The average Bonchev–Trinajstić information content (AvgIpc) is 2.59. The van der Waals surface area contributed by atoms with Gasteiger partial charge in [-0.1, -0.05) is 0 Å². The molecule has 88 valence electrons. The Bertz CT molecular complexity index is 356. The van der Waals surface area contributed by atoms with Gasteiger partial charge in [-0.3, -0.25) is 0 Å². The Kier molecular flexibility index (Phi) is 4.01. The molecule has 0 aliphatic heterocycles. The number of hydrogen-bond acceptors (Lipinski definition) is 4. The van der Waals surface area contributed by atoms with Gasteiger partial charge in [-0.2, -0.15) is 0 Å². The second-order valence-electron chi connectivity index (χ2n) is 4.38. The molecule has 0 radical (unpaired) electrons. The first-order chi connectivity index (χ1) is 7.40. The summed E-state index contributed by atoms with van der Waals surface area (Å²) in [4.78, 5) is 11.3. The van der Waals surface area contributed by atoms with Crippen LogP contribution in [0.1, 0.15) is 26.5 Å². The van der Waals surface area contributed by atoms with E-state index < -0.39 is 11.7 Å². The van der Waals surface area contributed by atoms with Crippen LogP contribution < -0.4 is 11.0 Å². The van der Waals surface area contributed by atoms with E-state index in [-0.39, 0.29) is 14.0 Å². The van der Waals surface area contributed by atoms with Crippen LogP contribution in [0, 0.1) is 0 Å². The van der Waals surface area contributed by atoms with E-state index >= 15 is 0 Å². The summed E-state index contributed by atoms with van der Waals surface area (Å²) in [6, 6.07) is 3.36. The van der Waals surface area contributed by atoms with Gasteiger partial charge in [0.2, 0.25) is 0 Å². The number of hydrogen-bond donors (Lipinski definition) is 2. The number of ether oxygens (including phenoxy) is 1. The molecule has 1 aromatic heterocycles. The molecule has 0 saturated heterocycles. The second kappa shape index (κ2) is 5.07. The SMILES string of the molecule is CC(C)(C)OC(=O)NCc1ccc(BO)o1. The van der Waals surface area contributed by atoms with E-state index in [0.29, 0.717) is 11.4 Å². The van der Waals surface area contributed by atoms with Gasteiger partial charge in [-0.25, -0.2) is 4.79 Å². The molecule has 0 bridgehead atoms. The first kappa shape index (κ1) is 12.6. The molecule has 0 aliphatic rings. The molecule has 2 N–H and O–H groups in total. The molecule has 0 spiro atoms. The second-order valence-corrected chi connectivity index (χ2v) is 4.38. The lowest BCUT2D eigenvalue weighted by Crippen LogP contribution is -2.32. The number of rotatable bonds is 3. The molecule has 6 heteroatoms. The smallest absolute Gasteiger partial charge is 0.408 e. The van der Waals surface area contributed by atoms with Crippen LogP contribution in [0.4, 0.5) is 4.79 Å². The van der Waals surface area contributed by atoms with Crippen molar-refractivity contribution in [3.63, 3.8) is 0 Å². The van der Waals surface area contributed by atoms with E-state index in [1.807, 2.05) is 0 Å². The zero-order valence-electron chi connectivity index (χ0n) is 9.74. The van der Waals surface area contributed by atoms with Crippen molar-refractivity contribution in [2.75, 3.05) is 0 Å². The van der Waals surface area contributed by atoms with Gasteiger partial charge in [-0.15, -0.1) is 0 Å². The number of alkyl carbamates (subject to hydrolysis) is 1. The Morgan fingerprint density at radius 1 is 1.56 bits per heavy atom. The molecular weight excluding hydrogens is 209 g/mol. The summed E-state index contributed by atoms with van der Waals surface area (Å²) in [7, 11) is -0.146. The highest BCUT2D eigenvalue weighted by molar-refractivity contribution is 6.43. The summed E-state index contributed by atoms with van der Waals surface area (Å²) < 4.78 is 10.2. The fourth-order valence-corrected chi connectivity index (χ4v) is 1.08. The summed E-state index contributed by atoms with van der Waals surface area (Å²) in [6.07, 6.45) is -0.491. The van der Waals surface area contributed by atoms with Crippen molar-refractivity contribution < 1.29 is 19.0 Å². The number of amides is 1. The molecule has 1 amide bonds. The summed E-state index contributed by atoms with van der Waals surface area (Å²) in [5, 5.41) is 11.3. The molecule has 0 aliphatic carbocycles. The molecular formula is C10H16BNO4. The van der Waals surface area contributed by atoms with E-state index in [9.17, 15) is 4.79 Å². The lowest BCUT2D eigenvalue weighted by atomic mass is 9.99. The minimum absolute atomic E-state index is 0.146. The van der Waals surface area contributed by atoms with Gasteiger partial charge in [0, 0.05) is 0 Å². The minimum Gasteiger partial charge on any atom is -0.471 e. The maximum absolute atomic E-state index is 11.3. The van der Waals surface area contributed by atoms with Gasteiger partial charge in [0.25, 0.3) is 0 Å². The van der Waals surface area contributed by atoms with Crippen LogP contribution in [-0.2, 0) is 11.3 Å². The minimum atomic E-state index is -0.510. The van der Waals surface area contributed by atoms with E-state index in [1.54, 1.807) is 32.9 Å². The van der Waals surface area contributed by atoms with Gasteiger partial charge < -0.3 is 19.5 Å². The summed E-state index contributed by atoms with van der Waals surface area (Å²) in [6.45, 7) is 5.63.